The molecule has 1 aromatic carbocycles. The molecule has 0 unspecified atom stereocenters. The number of aromatic nitrogens is 2. The molecule has 0 aliphatic carbocycles. The molecule has 4 N–H and O–H groups in total. The lowest BCUT2D eigenvalue weighted by Gasteiger charge is -2.15. The molecule has 0 radical (unpaired) electrons. The van der Waals surface area contributed by atoms with Crippen molar-refractivity contribution in [2.45, 2.75) is 32.6 Å². The van der Waals surface area contributed by atoms with E-state index in [0.717, 1.165) is 23.9 Å². The Bertz CT molecular complexity index is 532. The van der Waals surface area contributed by atoms with E-state index in [1.54, 1.807) is 0 Å². The highest BCUT2D eigenvalue weighted by Gasteiger charge is 2.13. The smallest absolute Gasteiger partial charge is 0.166 e. The first-order valence-corrected chi connectivity index (χ1v) is 5.99. The molecule has 2 aromatic rings. The van der Waals surface area contributed by atoms with Crippen molar-refractivity contribution < 1.29 is 0 Å². The summed E-state index contributed by atoms with van der Waals surface area (Å²) in [6, 6.07) is 6.02. The van der Waals surface area contributed by atoms with Crippen LogP contribution in [0.1, 0.15) is 38.2 Å². The minimum absolute atomic E-state index is 0.305. The number of nitrogens with zero attached hydrogens (tertiary/aromatic N) is 2. The maximum atomic E-state index is 5.74. The van der Waals surface area contributed by atoms with E-state index in [9.17, 15) is 0 Å². The Kier molecular flexibility index (Phi) is 3.13. The van der Waals surface area contributed by atoms with Gasteiger partial charge in [-0.3, -0.25) is 0 Å². The van der Waals surface area contributed by atoms with Gasteiger partial charge in [0.15, 0.2) is 11.6 Å². The van der Waals surface area contributed by atoms with Gasteiger partial charge in [0.05, 0.1) is 11.0 Å². The van der Waals surface area contributed by atoms with Crippen LogP contribution in [0.15, 0.2) is 18.2 Å². The molecule has 1 heterocycles. The van der Waals surface area contributed by atoms with Crippen LogP contribution in [0.2, 0.25) is 0 Å². The predicted octanol–water partition coefficient (Wildman–Crippen LogP) is 2.70. The first-order valence-electron chi connectivity index (χ1n) is 5.99. The summed E-state index contributed by atoms with van der Waals surface area (Å²) in [4.78, 5) is 8.66. The van der Waals surface area contributed by atoms with Gasteiger partial charge in [-0.15, -0.1) is 0 Å². The number of fused-ring (bicyclic) bond motifs is 1. The minimum atomic E-state index is 0.305. The maximum absolute atomic E-state index is 5.74. The average Bonchev–Trinajstić information content (AvgIpc) is 2.33. The van der Waals surface area contributed by atoms with Gasteiger partial charge in [0.2, 0.25) is 0 Å². The maximum Gasteiger partial charge on any atom is 0.166 e. The number of anilines is 2. The summed E-state index contributed by atoms with van der Waals surface area (Å²) in [5.41, 5.74) is 14.3. The number of nitrogens with two attached hydrogens (primary N) is 2. The van der Waals surface area contributed by atoms with Crippen molar-refractivity contribution in [3.8, 4) is 0 Å². The summed E-state index contributed by atoms with van der Waals surface area (Å²) in [5.74, 6) is 1.12. The van der Waals surface area contributed by atoms with Gasteiger partial charge in [-0.1, -0.05) is 26.0 Å². The topological polar surface area (TPSA) is 77.8 Å². The van der Waals surface area contributed by atoms with Crippen LogP contribution >= 0.6 is 0 Å². The third-order valence-corrected chi connectivity index (χ3v) is 3.21. The Morgan fingerprint density at radius 3 is 2.35 bits per heavy atom. The van der Waals surface area contributed by atoms with Crippen molar-refractivity contribution in [3.05, 3.63) is 23.8 Å². The summed E-state index contributed by atoms with van der Waals surface area (Å²) in [7, 11) is 0. The van der Waals surface area contributed by atoms with E-state index in [2.05, 4.69) is 29.9 Å². The average molecular weight is 230 g/mol. The molecule has 0 aliphatic rings. The Hall–Kier alpha value is -1.84. The number of benzene rings is 1. The summed E-state index contributed by atoms with van der Waals surface area (Å²) in [6.45, 7) is 4.36. The van der Waals surface area contributed by atoms with E-state index in [-0.39, 0.29) is 0 Å². The normalized spacial score (nSPS) is 11.2. The summed E-state index contributed by atoms with van der Waals surface area (Å²) in [6.07, 6.45) is 2.17. The lowest BCUT2D eigenvalue weighted by Crippen LogP contribution is -2.04. The second kappa shape index (κ2) is 4.57. The molecular formula is C13H18N4. The number of hydrogen-bond acceptors (Lipinski definition) is 4. The molecule has 0 saturated carbocycles. The van der Waals surface area contributed by atoms with Gasteiger partial charge in [-0.2, -0.15) is 0 Å². The molecule has 17 heavy (non-hydrogen) atoms. The summed E-state index contributed by atoms with van der Waals surface area (Å²) >= 11 is 0. The van der Waals surface area contributed by atoms with Crippen molar-refractivity contribution in [1.29, 1.82) is 0 Å². The Labute approximate surface area is 101 Å². The van der Waals surface area contributed by atoms with Gasteiger partial charge in [0, 0.05) is 0 Å². The molecule has 0 saturated heterocycles. The Morgan fingerprint density at radius 1 is 1.06 bits per heavy atom. The second-order valence-corrected chi connectivity index (χ2v) is 4.22. The van der Waals surface area contributed by atoms with Crippen molar-refractivity contribution in [3.63, 3.8) is 0 Å². The first kappa shape index (κ1) is 11.6. The molecule has 90 valence electrons. The minimum Gasteiger partial charge on any atom is -0.381 e. The number of para-hydroxylation sites is 1. The van der Waals surface area contributed by atoms with Crippen LogP contribution < -0.4 is 11.5 Å². The molecule has 0 spiro atoms. The van der Waals surface area contributed by atoms with Gasteiger partial charge >= 0.3 is 0 Å². The summed E-state index contributed by atoms with van der Waals surface area (Å²) < 4.78 is 0. The number of nitrogen functional groups attached to an aromatic ring is 2. The van der Waals surface area contributed by atoms with Crippen LogP contribution in [0, 0.1) is 0 Å². The van der Waals surface area contributed by atoms with E-state index < -0.39 is 0 Å². The van der Waals surface area contributed by atoms with Crippen LogP contribution in [-0.2, 0) is 0 Å². The monoisotopic (exact) mass is 230 g/mol. The lowest BCUT2D eigenvalue weighted by atomic mass is 9.93. The fraction of sp³-hybridized carbons (Fsp3) is 0.385. The van der Waals surface area contributed by atoms with Crippen molar-refractivity contribution >= 4 is 22.7 Å². The lowest BCUT2D eigenvalue weighted by molar-refractivity contribution is 0.645. The SMILES string of the molecule is CCC(CC)c1cccc2nc(N)c(N)nc12. The summed E-state index contributed by atoms with van der Waals surface area (Å²) in [5, 5.41) is 0. The zero-order valence-corrected chi connectivity index (χ0v) is 10.3. The number of hydrogen-bond donors (Lipinski definition) is 2. The van der Waals surface area contributed by atoms with Crippen LogP contribution in [-0.4, -0.2) is 9.97 Å². The van der Waals surface area contributed by atoms with Crippen LogP contribution in [0.4, 0.5) is 11.6 Å². The fourth-order valence-electron chi connectivity index (χ4n) is 2.18. The zero-order chi connectivity index (χ0) is 12.4. The molecule has 2 rings (SSSR count). The van der Waals surface area contributed by atoms with Crippen LogP contribution in [0.3, 0.4) is 0 Å². The third kappa shape index (κ3) is 2.02. The van der Waals surface area contributed by atoms with Gasteiger partial charge in [-0.05, 0) is 30.4 Å². The van der Waals surface area contributed by atoms with E-state index in [0.29, 0.717) is 17.6 Å². The van der Waals surface area contributed by atoms with Gasteiger partial charge in [0.1, 0.15) is 0 Å². The largest absolute Gasteiger partial charge is 0.381 e. The van der Waals surface area contributed by atoms with Crippen molar-refractivity contribution in [2.24, 2.45) is 0 Å². The molecule has 4 nitrogen and oxygen atoms in total. The highest BCUT2D eigenvalue weighted by atomic mass is 15.0. The molecule has 0 fully saturated rings. The molecular weight excluding hydrogens is 212 g/mol. The molecule has 0 aliphatic heterocycles. The highest BCUT2D eigenvalue weighted by molar-refractivity contribution is 5.82. The zero-order valence-electron chi connectivity index (χ0n) is 10.3. The predicted molar refractivity (Wildman–Crippen MR) is 71.7 cm³/mol. The Morgan fingerprint density at radius 2 is 1.71 bits per heavy atom. The van der Waals surface area contributed by atoms with E-state index in [4.69, 9.17) is 11.5 Å². The molecule has 0 amide bonds. The van der Waals surface area contributed by atoms with Gasteiger partial charge in [0.25, 0.3) is 0 Å². The third-order valence-electron chi connectivity index (χ3n) is 3.21. The van der Waals surface area contributed by atoms with Crippen molar-refractivity contribution in [2.75, 3.05) is 11.5 Å². The van der Waals surface area contributed by atoms with E-state index in [1.807, 2.05) is 12.1 Å². The van der Waals surface area contributed by atoms with Crippen LogP contribution in [0.25, 0.3) is 11.0 Å². The number of rotatable bonds is 3. The van der Waals surface area contributed by atoms with Gasteiger partial charge in [-0.25, -0.2) is 9.97 Å². The first-order chi connectivity index (χ1) is 8.17. The molecule has 0 atom stereocenters. The van der Waals surface area contributed by atoms with Gasteiger partial charge < -0.3 is 11.5 Å². The highest BCUT2D eigenvalue weighted by Crippen LogP contribution is 2.29. The molecule has 4 heteroatoms. The standard InChI is InChI=1S/C13H18N4/c1-3-8(4-2)9-6-5-7-10-11(9)17-13(15)12(14)16-10/h5-8H,3-4H2,1-2H3,(H2,14,16)(H2,15,17). The fourth-order valence-corrected chi connectivity index (χ4v) is 2.18. The van der Waals surface area contributed by atoms with Crippen LogP contribution in [0.5, 0.6) is 0 Å². The molecule has 1 aromatic heterocycles. The van der Waals surface area contributed by atoms with Crippen molar-refractivity contribution in [1.82, 2.24) is 9.97 Å². The van der Waals surface area contributed by atoms with E-state index in [1.165, 1.54) is 5.56 Å². The quantitative estimate of drug-likeness (QED) is 0.849. The second-order valence-electron chi connectivity index (χ2n) is 4.22. The molecule has 0 bridgehead atoms. The Balaban J connectivity index is 2.68. The van der Waals surface area contributed by atoms with E-state index >= 15 is 0 Å².